The Morgan fingerprint density at radius 1 is 1.06 bits per heavy atom. The number of hydrogen-bond donors (Lipinski definition) is 2. The van der Waals surface area contributed by atoms with Gasteiger partial charge in [-0.15, -0.1) is 13.2 Å². The second-order valence-electron chi connectivity index (χ2n) is 4.37. The molecule has 1 fully saturated rings. The van der Waals surface area contributed by atoms with Crippen LogP contribution >= 0.6 is 0 Å². The zero-order chi connectivity index (χ0) is 12.5. The summed E-state index contributed by atoms with van der Waals surface area (Å²) >= 11 is 0. The first-order valence-corrected chi connectivity index (χ1v) is 6.30. The van der Waals surface area contributed by atoms with Crippen molar-refractivity contribution in [1.29, 1.82) is 0 Å². The van der Waals surface area contributed by atoms with E-state index in [1.165, 1.54) is 5.56 Å². The zero-order valence-corrected chi connectivity index (χ0v) is 10.4. The molecule has 2 N–H and O–H groups in total. The Kier molecular flexibility index (Phi) is 6.60. The highest BCUT2D eigenvalue weighted by atomic mass is 16.3. The van der Waals surface area contributed by atoms with E-state index in [1.54, 1.807) is 0 Å². The van der Waals surface area contributed by atoms with Crippen LogP contribution in [0, 0.1) is 0 Å². The largest absolute Gasteiger partial charge is 0.393 e. The summed E-state index contributed by atoms with van der Waals surface area (Å²) in [6, 6.07) is 11.1. The molecule has 17 heavy (non-hydrogen) atoms. The maximum Gasteiger partial charge on any atom is 0.0541 e. The van der Waals surface area contributed by atoms with Crippen LogP contribution in [0.4, 0.5) is 0 Å². The predicted octanol–water partition coefficient (Wildman–Crippen LogP) is 2.88. The molecule has 1 aromatic rings. The van der Waals surface area contributed by atoms with Gasteiger partial charge in [-0.1, -0.05) is 30.3 Å². The lowest BCUT2D eigenvalue weighted by atomic mass is 9.93. The van der Waals surface area contributed by atoms with Crippen LogP contribution in [0.2, 0.25) is 0 Å². The Morgan fingerprint density at radius 3 is 2.24 bits per heavy atom. The first-order chi connectivity index (χ1) is 8.34. The van der Waals surface area contributed by atoms with Crippen molar-refractivity contribution in [1.82, 2.24) is 5.32 Å². The lowest BCUT2D eigenvalue weighted by Crippen LogP contribution is -2.34. The van der Waals surface area contributed by atoms with Crippen LogP contribution in [-0.2, 0) is 6.54 Å². The molecule has 0 atom stereocenters. The normalized spacial score (nSPS) is 23.6. The van der Waals surface area contributed by atoms with Crippen molar-refractivity contribution in [3.63, 3.8) is 0 Å². The molecule has 0 heterocycles. The van der Waals surface area contributed by atoms with Gasteiger partial charge in [0.05, 0.1) is 6.10 Å². The van der Waals surface area contributed by atoms with E-state index in [1.807, 2.05) is 6.07 Å². The third kappa shape index (κ3) is 5.16. The van der Waals surface area contributed by atoms with Crippen LogP contribution in [-0.4, -0.2) is 17.3 Å². The van der Waals surface area contributed by atoms with Crippen LogP contribution in [0.5, 0.6) is 0 Å². The number of aliphatic hydroxyl groups is 1. The number of hydrogen-bond acceptors (Lipinski definition) is 2. The first-order valence-electron chi connectivity index (χ1n) is 6.30. The van der Waals surface area contributed by atoms with E-state index >= 15 is 0 Å². The zero-order valence-electron chi connectivity index (χ0n) is 10.4. The molecule has 0 aliphatic heterocycles. The number of aliphatic hydroxyl groups excluding tert-OH is 1. The van der Waals surface area contributed by atoms with Gasteiger partial charge in [-0.25, -0.2) is 0 Å². The lowest BCUT2D eigenvalue weighted by molar-refractivity contribution is 0.116. The van der Waals surface area contributed by atoms with Crippen molar-refractivity contribution in [3.05, 3.63) is 49.1 Å². The summed E-state index contributed by atoms with van der Waals surface area (Å²) in [7, 11) is 0. The number of rotatable bonds is 3. The second-order valence-corrected chi connectivity index (χ2v) is 4.37. The smallest absolute Gasteiger partial charge is 0.0541 e. The molecule has 1 aromatic carbocycles. The van der Waals surface area contributed by atoms with E-state index in [-0.39, 0.29) is 6.10 Å². The molecule has 2 nitrogen and oxygen atoms in total. The van der Waals surface area contributed by atoms with Gasteiger partial charge >= 0.3 is 0 Å². The molecule has 1 saturated carbocycles. The monoisotopic (exact) mass is 233 g/mol. The molecule has 0 radical (unpaired) electrons. The van der Waals surface area contributed by atoms with Gasteiger partial charge in [0.2, 0.25) is 0 Å². The molecular formula is C15H23NO. The molecule has 0 spiro atoms. The summed E-state index contributed by atoms with van der Waals surface area (Å²) in [5, 5.41) is 12.9. The highest BCUT2D eigenvalue weighted by Gasteiger charge is 2.18. The van der Waals surface area contributed by atoms with Gasteiger partial charge in [0.15, 0.2) is 0 Å². The fourth-order valence-corrected chi connectivity index (χ4v) is 2.14. The summed E-state index contributed by atoms with van der Waals surface area (Å²) in [6.07, 6.45) is 4.06. The van der Waals surface area contributed by atoms with Crippen LogP contribution in [0.25, 0.3) is 0 Å². The molecule has 0 amide bonds. The van der Waals surface area contributed by atoms with E-state index in [9.17, 15) is 5.11 Å². The van der Waals surface area contributed by atoms with Gasteiger partial charge in [-0.3, -0.25) is 0 Å². The van der Waals surface area contributed by atoms with Crippen molar-refractivity contribution >= 4 is 0 Å². The van der Waals surface area contributed by atoms with Crippen molar-refractivity contribution < 1.29 is 5.11 Å². The first kappa shape index (κ1) is 13.9. The minimum atomic E-state index is -0.0558. The maximum absolute atomic E-state index is 9.38. The van der Waals surface area contributed by atoms with Gasteiger partial charge < -0.3 is 10.4 Å². The molecule has 0 unspecified atom stereocenters. The highest BCUT2D eigenvalue weighted by molar-refractivity contribution is 5.14. The molecule has 1 aliphatic carbocycles. The predicted molar refractivity (Wildman–Crippen MR) is 72.8 cm³/mol. The minimum Gasteiger partial charge on any atom is -0.393 e. The van der Waals surface area contributed by atoms with Crippen molar-refractivity contribution in [2.24, 2.45) is 0 Å². The van der Waals surface area contributed by atoms with Crippen LogP contribution in [0.3, 0.4) is 0 Å². The molecule has 94 valence electrons. The Bertz CT molecular complexity index is 291. The maximum atomic E-state index is 9.38. The molecule has 2 rings (SSSR count). The third-order valence-corrected chi connectivity index (χ3v) is 3.13. The van der Waals surface area contributed by atoms with Crippen LogP contribution in [0.1, 0.15) is 31.2 Å². The summed E-state index contributed by atoms with van der Waals surface area (Å²) in [6.45, 7) is 6.95. The molecule has 0 bridgehead atoms. The summed E-state index contributed by atoms with van der Waals surface area (Å²) in [5.41, 5.74) is 1.34. The van der Waals surface area contributed by atoms with Gasteiger partial charge in [-0.05, 0) is 31.2 Å². The molecule has 2 heteroatoms. The number of nitrogens with one attached hydrogen (secondary N) is 1. The van der Waals surface area contributed by atoms with Crippen molar-refractivity contribution in [3.8, 4) is 0 Å². The summed E-state index contributed by atoms with van der Waals surface area (Å²) in [4.78, 5) is 0. The molecular weight excluding hydrogens is 210 g/mol. The van der Waals surface area contributed by atoms with Crippen LogP contribution < -0.4 is 5.32 Å². The molecule has 0 saturated heterocycles. The van der Waals surface area contributed by atoms with Gasteiger partial charge in [0.25, 0.3) is 0 Å². The fourth-order valence-electron chi connectivity index (χ4n) is 2.14. The Morgan fingerprint density at radius 2 is 1.65 bits per heavy atom. The quantitative estimate of drug-likeness (QED) is 0.787. The van der Waals surface area contributed by atoms with E-state index in [2.05, 4.69) is 42.7 Å². The van der Waals surface area contributed by atoms with E-state index < -0.39 is 0 Å². The molecule has 1 aliphatic rings. The Hall–Kier alpha value is -1.12. The third-order valence-electron chi connectivity index (χ3n) is 3.13. The Labute approximate surface area is 104 Å². The second kappa shape index (κ2) is 8.04. The Balaban J connectivity index is 0.000000686. The standard InChI is InChI=1S/C13H19NO.C2H4/c15-13-8-6-12(7-9-13)14-10-11-4-2-1-3-5-11;1-2/h1-5,12-15H,6-10H2;1-2H2. The average Bonchev–Trinajstić information content (AvgIpc) is 2.42. The topological polar surface area (TPSA) is 32.3 Å². The number of benzene rings is 1. The van der Waals surface area contributed by atoms with E-state index in [4.69, 9.17) is 0 Å². The van der Waals surface area contributed by atoms with Gasteiger partial charge in [0.1, 0.15) is 0 Å². The molecule has 0 aromatic heterocycles. The summed E-state index contributed by atoms with van der Waals surface area (Å²) in [5.74, 6) is 0. The average molecular weight is 233 g/mol. The minimum absolute atomic E-state index is 0.0558. The lowest BCUT2D eigenvalue weighted by Gasteiger charge is -2.26. The fraction of sp³-hybridized carbons (Fsp3) is 0.467. The van der Waals surface area contributed by atoms with Gasteiger partial charge in [-0.2, -0.15) is 0 Å². The van der Waals surface area contributed by atoms with E-state index in [0.29, 0.717) is 6.04 Å². The van der Waals surface area contributed by atoms with Crippen LogP contribution in [0.15, 0.2) is 43.5 Å². The van der Waals surface area contributed by atoms with Crippen molar-refractivity contribution in [2.45, 2.75) is 44.4 Å². The van der Waals surface area contributed by atoms with Gasteiger partial charge in [0, 0.05) is 12.6 Å². The van der Waals surface area contributed by atoms with E-state index in [0.717, 1.165) is 32.2 Å². The summed E-state index contributed by atoms with van der Waals surface area (Å²) < 4.78 is 0. The highest BCUT2D eigenvalue weighted by Crippen LogP contribution is 2.18. The SMILES string of the molecule is C=C.OC1CCC(NCc2ccccc2)CC1. The van der Waals surface area contributed by atoms with Crippen molar-refractivity contribution in [2.75, 3.05) is 0 Å².